The molecule has 0 spiro atoms. The molecule has 48 heavy (non-hydrogen) atoms. The van der Waals surface area contributed by atoms with E-state index in [0.717, 1.165) is 24.3 Å². The summed E-state index contributed by atoms with van der Waals surface area (Å²) in [6.45, 7) is -2.29. The van der Waals surface area contributed by atoms with E-state index in [2.05, 4.69) is 15.3 Å². The molecule has 0 saturated carbocycles. The number of hydrogen-bond donors (Lipinski definition) is 1. The molecule has 1 atom stereocenters. The van der Waals surface area contributed by atoms with E-state index in [0.29, 0.717) is 22.2 Å². The first-order valence-corrected chi connectivity index (χ1v) is 13.7. The van der Waals surface area contributed by atoms with Crippen molar-refractivity contribution >= 4 is 34.7 Å². The van der Waals surface area contributed by atoms with Gasteiger partial charge in [0.25, 0.3) is 0 Å². The second-order valence-corrected chi connectivity index (χ2v) is 10.8. The van der Waals surface area contributed by atoms with Crippen molar-refractivity contribution in [1.29, 1.82) is 0 Å². The van der Waals surface area contributed by atoms with Crippen LogP contribution < -0.4 is 15.3 Å². The standard InChI is InChI=1S/C28H14Cl2F13N5/c29-14-7-11(26(35,36)37)8-15(30)21(14)48-23(44-9-12-16(31)3-1-4-17(12)32)20-22(27(38,39)40)45-25(28(41,42)43)46-24(20)47(48)10-13-18(33)5-2-6-19(13)34/h1-8,23,44H,9-10H2. The maximum atomic E-state index is 14.9. The normalized spacial score (nSPS) is 15.4. The summed E-state index contributed by atoms with van der Waals surface area (Å²) in [6, 6.07) is 5.36. The van der Waals surface area contributed by atoms with Gasteiger partial charge in [0.15, 0.2) is 11.5 Å². The van der Waals surface area contributed by atoms with Crippen LogP contribution in [-0.2, 0) is 31.6 Å². The van der Waals surface area contributed by atoms with Crippen LogP contribution in [-0.4, -0.2) is 9.97 Å². The van der Waals surface area contributed by atoms with Gasteiger partial charge in [-0.3, -0.25) is 15.3 Å². The zero-order valence-electron chi connectivity index (χ0n) is 23.1. The van der Waals surface area contributed by atoms with Crippen molar-refractivity contribution in [2.75, 3.05) is 10.0 Å². The van der Waals surface area contributed by atoms with Gasteiger partial charge < -0.3 is 0 Å². The van der Waals surface area contributed by atoms with Crippen LogP contribution in [0.3, 0.4) is 0 Å². The molecule has 1 unspecified atom stereocenters. The highest BCUT2D eigenvalue weighted by molar-refractivity contribution is 6.39. The molecule has 3 aromatic carbocycles. The number of rotatable bonds is 6. The van der Waals surface area contributed by atoms with Crippen molar-refractivity contribution in [2.45, 2.75) is 37.8 Å². The van der Waals surface area contributed by atoms with Gasteiger partial charge in [0, 0.05) is 17.7 Å². The molecule has 0 fully saturated rings. The zero-order valence-corrected chi connectivity index (χ0v) is 24.6. The van der Waals surface area contributed by atoms with E-state index in [1.165, 1.54) is 0 Å². The minimum Gasteiger partial charge on any atom is -0.287 e. The average molecular weight is 738 g/mol. The van der Waals surface area contributed by atoms with E-state index in [1.807, 2.05) is 0 Å². The van der Waals surface area contributed by atoms with E-state index >= 15 is 0 Å². The fourth-order valence-electron chi connectivity index (χ4n) is 4.88. The highest BCUT2D eigenvalue weighted by Gasteiger charge is 2.51. The van der Waals surface area contributed by atoms with Crippen LogP contribution in [0.25, 0.3) is 0 Å². The van der Waals surface area contributed by atoms with Crippen molar-refractivity contribution in [3.63, 3.8) is 0 Å². The van der Waals surface area contributed by atoms with Gasteiger partial charge >= 0.3 is 18.5 Å². The molecule has 0 saturated heterocycles. The summed E-state index contributed by atoms with van der Waals surface area (Å²) in [5.41, 5.74) is -7.56. The van der Waals surface area contributed by atoms with E-state index in [-0.39, 0.29) is 12.1 Å². The number of anilines is 2. The Balaban J connectivity index is 1.85. The molecule has 20 heteroatoms. The van der Waals surface area contributed by atoms with Gasteiger partial charge in [-0.15, -0.1) is 0 Å². The Kier molecular flexibility index (Phi) is 9.15. The Hall–Kier alpha value is -4.03. The highest BCUT2D eigenvalue weighted by atomic mass is 35.5. The molecule has 0 bridgehead atoms. The number of aromatic nitrogens is 2. The minimum absolute atomic E-state index is 0.276. The smallest absolute Gasteiger partial charge is 0.287 e. The first-order valence-electron chi connectivity index (χ1n) is 13.0. The van der Waals surface area contributed by atoms with Crippen molar-refractivity contribution in [2.24, 2.45) is 0 Å². The Morgan fingerprint density at radius 1 is 0.688 bits per heavy atom. The number of hydrazine groups is 1. The van der Waals surface area contributed by atoms with Crippen LogP contribution >= 0.6 is 23.2 Å². The fourth-order valence-corrected chi connectivity index (χ4v) is 5.54. The van der Waals surface area contributed by atoms with Crippen molar-refractivity contribution in [3.8, 4) is 0 Å². The first-order chi connectivity index (χ1) is 22.2. The predicted octanol–water partition coefficient (Wildman–Crippen LogP) is 9.63. The van der Waals surface area contributed by atoms with Gasteiger partial charge in [0.2, 0.25) is 5.82 Å². The largest absolute Gasteiger partial charge is 0.451 e. The lowest BCUT2D eigenvalue weighted by molar-refractivity contribution is -0.153. The number of benzene rings is 3. The Labute approximate surface area is 270 Å². The summed E-state index contributed by atoms with van der Waals surface area (Å²) in [6.07, 6.45) is -18.7. The lowest BCUT2D eigenvalue weighted by Crippen LogP contribution is -2.45. The summed E-state index contributed by atoms with van der Waals surface area (Å²) in [5.74, 6) is -8.78. The van der Waals surface area contributed by atoms with Gasteiger partial charge in [-0.05, 0) is 36.4 Å². The third-order valence-electron chi connectivity index (χ3n) is 6.95. The molecule has 1 N–H and O–H groups in total. The molecule has 1 aliphatic rings. The second kappa shape index (κ2) is 12.5. The molecule has 4 aromatic rings. The van der Waals surface area contributed by atoms with Crippen molar-refractivity contribution in [1.82, 2.24) is 15.3 Å². The third-order valence-corrected chi connectivity index (χ3v) is 7.52. The molecule has 0 radical (unpaired) electrons. The van der Waals surface area contributed by atoms with Gasteiger partial charge in [-0.25, -0.2) is 27.5 Å². The summed E-state index contributed by atoms with van der Waals surface area (Å²) in [7, 11) is 0. The van der Waals surface area contributed by atoms with Gasteiger partial charge in [0.1, 0.15) is 29.4 Å². The topological polar surface area (TPSA) is 44.3 Å². The van der Waals surface area contributed by atoms with E-state index in [9.17, 15) is 57.1 Å². The van der Waals surface area contributed by atoms with E-state index in [1.54, 1.807) is 0 Å². The van der Waals surface area contributed by atoms with E-state index < -0.39 is 116 Å². The molecule has 5 nitrogen and oxygen atoms in total. The maximum Gasteiger partial charge on any atom is 0.451 e. The SMILES string of the molecule is Fc1cccc(F)c1CNC1c2c(nc(C(F)(F)F)nc2C(F)(F)F)N(Cc2c(F)cccc2F)N1c1c(Cl)cc(C(F)(F)F)cc1Cl. The molecule has 256 valence electrons. The molecule has 0 amide bonds. The quantitative estimate of drug-likeness (QED) is 0.200. The summed E-state index contributed by atoms with van der Waals surface area (Å²) in [4.78, 5) is 5.87. The van der Waals surface area contributed by atoms with Gasteiger partial charge in [0.05, 0.1) is 33.4 Å². The predicted molar refractivity (Wildman–Crippen MR) is 144 cm³/mol. The molecule has 5 rings (SSSR count). The second-order valence-electron chi connectivity index (χ2n) is 10.0. The highest BCUT2D eigenvalue weighted by Crippen LogP contribution is 2.51. The summed E-state index contributed by atoms with van der Waals surface area (Å²) >= 11 is 12.3. The number of halogens is 15. The van der Waals surface area contributed by atoms with Crippen LogP contribution in [0.5, 0.6) is 0 Å². The molecule has 2 heterocycles. The molecule has 0 aliphatic carbocycles. The van der Waals surface area contributed by atoms with Crippen LogP contribution in [0.1, 0.15) is 39.9 Å². The Morgan fingerprint density at radius 3 is 1.65 bits per heavy atom. The average Bonchev–Trinajstić information content (AvgIpc) is 3.25. The number of alkyl halides is 9. The lowest BCUT2D eigenvalue weighted by Gasteiger charge is -2.37. The zero-order chi connectivity index (χ0) is 35.5. The number of nitrogens with zero attached hydrogens (tertiary/aromatic N) is 4. The third kappa shape index (κ3) is 6.64. The number of hydrogen-bond acceptors (Lipinski definition) is 5. The van der Waals surface area contributed by atoms with Gasteiger partial charge in [-0.2, -0.15) is 39.5 Å². The van der Waals surface area contributed by atoms with E-state index in [4.69, 9.17) is 23.2 Å². The van der Waals surface area contributed by atoms with Crippen LogP contribution in [0.4, 0.5) is 68.6 Å². The number of nitrogens with one attached hydrogen (secondary N) is 1. The van der Waals surface area contributed by atoms with Gasteiger partial charge in [-0.1, -0.05) is 35.3 Å². The summed E-state index contributed by atoms with van der Waals surface area (Å²) < 4.78 is 185. The van der Waals surface area contributed by atoms with Crippen molar-refractivity contribution < 1.29 is 57.1 Å². The van der Waals surface area contributed by atoms with Crippen LogP contribution in [0.2, 0.25) is 10.0 Å². The fraction of sp³-hybridized carbons (Fsp3) is 0.214. The van der Waals surface area contributed by atoms with Crippen LogP contribution in [0.15, 0.2) is 48.5 Å². The summed E-state index contributed by atoms with van der Waals surface area (Å²) in [5, 5.41) is 1.20. The molecule has 1 aromatic heterocycles. The monoisotopic (exact) mass is 737 g/mol. The first kappa shape index (κ1) is 35.3. The lowest BCUT2D eigenvalue weighted by atomic mass is 10.1. The van der Waals surface area contributed by atoms with Crippen LogP contribution in [0, 0.1) is 23.3 Å². The maximum absolute atomic E-state index is 14.9. The molecule has 1 aliphatic heterocycles. The Morgan fingerprint density at radius 2 is 1.19 bits per heavy atom. The molecular weight excluding hydrogens is 724 g/mol. The van der Waals surface area contributed by atoms with Crippen molar-refractivity contribution in [3.05, 3.63) is 116 Å². The Bertz CT molecular complexity index is 1820. The minimum atomic E-state index is -5.71. The molecular formula is C28H14Cl2F13N5. The number of fused-ring (bicyclic) bond motifs is 1.